The quantitative estimate of drug-likeness (QED) is 0.129. The highest BCUT2D eigenvalue weighted by molar-refractivity contribution is 6.04. The fourth-order valence-electron chi connectivity index (χ4n) is 6.27. The van der Waals surface area contributed by atoms with Crippen LogP contribution in [-0.4, -0.2) is 20.8 Å². The van der Waals surface area contributed by atoms with Gasteiger partial charge in [-0.2, -0.15) is 0 Å². The molecule has 44 heavy (non-hydrogen) atoms. The molecule has 5 aromatic rings. The summed E-state index contributed by atoms with van der Waals surface area (Å²) in [6.45, 7) is 0. The molecule has 0 radical (unpaired) electrons. The summed E-state index contributed by atoms with van der Waals surface area (Å²) >= 11 is 0. The highest BCUT2D eigenvalue weighted by Crippen LogP contribution is 2.37. The molecule has 2 aliphatic carbocycles. The average molecular weight is 579 g/mol. The van der Waals surface area contributed by atoms with E-state index in [-0.39, 0.29) is 5.92 Å². The smallest absolute Gasteiger partial charge is 0.142 e. The van der Waals surface area contributed by atoms with E-state index in [0.717, 1.165) is 43.6 Å². The third-order valence-corrected chi connectivity index (χ3v) is 8.36. The second kappa shape index (κ2) is 8.61. The zero-order valence-corrected chi connectivity index (χ0v) is 23.2. The van der Waals surface area contributed by atoms with E-state index in [1.54, 1.807) is 0 Å². The topological polar surface area (TPSA) is 213 Å². The molecule has 2 aliphatic heterocycles. The Bertz CT molecular complexity index is 2550. The van der Waals surface area contributed by atoms with E-state index < -0.39 is 0 Å². The van der Waals surface area contributed by atoms with Gasteiger partial charge in [0.15, 0.2) is 0 Å². The molecule has 0 amide bonds. The minimum Gasteiger partial charge on any atom is -0.402 e. The number of nitrogen functional groups attached to an aromatic ring is 2. The van der Waals surface area contributed by atoms with Crippen molar-refractivity contribution in [2.24, 2.45) is 37.4 Å². The molecule has 1 unspecified atom stereocenters. The normalized spacial score (nSPS) is 18.3. The van der Waals surface area contributed by atoms with Crippen LogP contribution in [0.3, 0.4) is 0 Å². The van der Waals surface area contributed by atoms with E-state index in [1.165, 1.54) is 0 Å². The number of amidine groups is 1. The summed E-state index contributed by atoms with van der Waals surface area (Å²) in [5.41, 5.74) is 31.3. The van der Waals surface area contributed by atoms with Crippen molar-refractivity contribution in [3.8, 4) is 0 Å². The fraction of sp³-hybridized carbons (Fsp3) is 0.0625. The summed E-state index contributed by atoms with van der Waals surface area (Å²) in [5, 5.41) is 7.80. The Morgan fingerprint density at radius 1 is 0.682 bits per heavy atom. The minimum atomic E-state index is -0.221. The maximum absolute atomic E-state index is 6.28. The fourth-order valence-corrected chi connectivity index (χ4v) is 6.27. The summed E-state index contributed by atoms with van der Waals surface area (Å²) in [6, 6.07) is 11.4. The van der Waals surface area contributed by atoms with Gasteiger partial charge in [-0.15, -0.1) is 0 Å². The molecule has 0 saturated heterocycles. The SMILES string of the molecule is NC1=CC2C3=Nc4[nH]c(c5cc(N)ccc45)N=c4[nH]c(c5c4=CCC(N)=C5)N=c4[nH]c(c5cc(N)ccc45)=NC(=C2C=C1)N3. The second-order valence-corrected chi connectivity index (χ2v) is 11.3. The minimum absolute atomic E-state index is 0.221. The number of fused-ring (bicyclic) bond motifs is 19. The molecule has 0 saturated carbocycles. The molecule has 1 atom stereocenters. The number of nitrogens with zero attached hydrogens (tertiary/aromatic N) is 4. The molecular formula is C32H26N12. The zero-order valence-electron chi connectivity index (χ0n) is 23.2. The number of anilines is 2. The van der Waals surface area contributed by atoms with Crippen molar-refractivity contribution in [3.05, 3.63) is 105 Å². The molecule has 5 heterocycles. The summed E-state index contributed by atoms with van der Waals surface area (Å²) in [4.78, 5) is 30.6. The van der Waals surface area contributed by atoms with Crippen LogP contribution in [0.4, 0.5) is 28.8 Å². The molecule has 9 rings (SSSR count). The van der Waals surface area contributed by atoms with Crippen LogP contribution in [-0.2, 0) is 0 Å². The van der Waals surface area contributed by atoms with E-state index in [0.29, 0.717) is 69.1 Å². The summed E-state index contributed by atoms with van der Waals surface area (Å²) in [5.74, 6) is 2.97. The second-order valence-electron chi connectivity index (χ2n) is 11.3. The number of nitrogens with two attached hydrogens (primary N) is 4. The van der Waals surface area contributed by atoms with Crippen LogP contribution in [0, 0.1) is 5.92 Å². The van der Waals surface area contributed by atoms with Crippen LogP contribution in [0.2, 0.25) is 0 Å². The number of aliphatic imine (C=N–C) groups is 1. The highest BCUT2D eigenvalue weighted by Gasteiger charge is 2.31. The van der Waals surface area contributed by atoms with E-state index in [4.69, 9.17) is 42.9 Å². The van der Waals surface area contributed by atoms with Crippen LogP contribution >= 0.6 is 0 Å². The van der Waals surface area contributed by atoms with E-state index >= 15 is 0 Å². The largest absolute Gasteiger partial charge is 0.402 e. The van der Waals surface area contributed by atoms with Crippen LogP contribution in [0.15, 0.2) is 97.4 Å². The average Bonchev–Trinajstić information content (AvgIpc) is 3.71. The lowest BCUT2D eigenvalue weighted by Crippen LogP contribution is -2.26. The number of allylic oxidation sites excluding steroid dienone is 3. The molecule has 3 aromatic heterocycles. The summed E-state index contributed by atoms with van der Waals surface area (Å²) < 4.78 is 0. The molecule has 4 aliphatic rings. The van der Waals surface area contributed by atoms with Crippen molar-refractivity contribution in [1.82, 2.24) is 20.3 Å². The van der Waals surface area contributed by atoms with Gasteiger partial charge in [-0.05, 0) is 54.6 Å². The Morgan fingerprint density at radius 3 is 2.30 bits per heavy atom. The lowest BCUT2D eigenvalue weighted by molar-refractivity contribution is 1.01. The van der Waals surface area contributed by atoms with Crippen LogP contribution in [0.5, 0.6) is 0 Å². The first kappa shape index (κ1) is 24.3. The van der Waals surface area contributed by atoms with Gasteiger partial charge in [0.25, 0.3) is 0 Å². The number of aromatic amines is 3. The molecular weight excluding hydrogens is 552 g/mol. The zero-order chi connectivity index (χ0) is 29.7. The van der Waals surface area contributed by atoms with Crippen molar-refractivity contribution < 1.29 is 0 Å². The standard InChI is InChI=1S/C32H26N12/c33-13-1-5-17-21(9-13)29-37-25(17)41-30-22-10-14(34)2-6-18(22)27(38-30)43-32-24-12-16(36)4-8-20(24)28(40-32)44-31-23-11-15(35)3-7-19(23)26(39-31)42-29/h1-3,5-12,21,39H,4,33-36H2,(H,37,42)(H,40,44)(H,38,41,43). The number of hydrogen-bond donors (Lipinski definition) is 8. The Labute approximate surface area is 248 Å². The lowest BCUT2D eigenvalue weighted by atomic mass is 9.95. The number of benzene rings is 2. The number of rotatable bonds is 0. The summed E-state index contributed by atoms with van der Waals surface area (Å²) in [6.07, 6.45) is 10.4. The third kappa shape index (κ3) is 3.57. The predicted octanol–water partition coefficient (Wildman–Crippen LogP) is 2.03. The van der Waals surface area contributed by atoms with Gasteiger partial charge in [0.05, 0.1) is 5.92 Å². The first-order valence-electron chi connectivity index (χ1n) is 14.2. The van der Waals surface area contributed by atoms with Crippen LogP contribution in [0.25, 0.3) is 33.7 Å². The number of hydrogen-bond acceptors (Lipinski definition) is 9. The molecule has 12 nitrogen and oxygen atoms in total. The first-order valence-corrected chi connectivity index (χ1v) is 14.2. The molecule has 214 valence electrons. The van der Waals surface area contributed by atoms with Crippen molar-refractivity contribution in [3.63, 3.8) is 0 Å². The van der Waals surface area contributed by atoms with Gasteiger partial charge >= 0.3 is 0 Å². The molecule has 2 aromatic carbocycles. The van der Waals surface area contributed by atoms with Crippen molar-refractivity contribution >= 4 is 68.4 Å². The van der Waals surface area contributed by atoms with Gasteiger partial charge in [0.2, 0.25) is 0 Å². The van der Waals surface area contributed by atoms with Crippen molar-refractivity contribution in [1.29, 1.82) is 0 Å². The van der Waals surface area contributed by atoms with Crippen LogP contribution < -0.4 is 49.9 Å². The van der Waals surface area contributed by atoms with Crippen molar-refractivity contribution in [2.45, 2.75) is 6.42 Å². The van der Waals surface area contributed by atoms with Crippen molar-refractivity contribution in [2.75, 3.05) is 11.5 Å². The Hall–Kier alpha value is -6.30. The molecule has 12 N–H and O–H groups in total. The van der Waals surface area contributed by atoms with E-state index in [1.807, 2.05) is 60.7 Å². The third-order valence-electron chi connectivity index (χ3n) is 8.36. The molecule has 12 heteroatoms. The van der Waals surface area contributed by atoms with Gasteiger partial charge in [-0.25, -0.2) is 20.0 Å². The van der Waals surface area contributed by atoms with Gasteiger partial charge in [-0.3, -0.25) is 0 Å². The Kier molecular flexibility index (Phi) is 4.76. The Balaban J connectivity index is 1.44. The number of aromatic nitrogens is 3. The number of H-pyrrole nitrogens is 3. The Morgan fingerprint density at radius 2 is 1.43 bits per heavy atom. The van der Waals surface area contributed by atoms with Gasteiger partial charge in [-0.1, -0.05) is 12.2 Å². The van der Waals surface area contributed by atoms with E-state index in [9.17, 15) is 0 Å². The highest BCUT2D eigenvalue weighted by atomic mass is 15.2. The van der Waals surface area contributed by atoms with Crippen LogP contribution in [0.1, 0.15) is 12.0 Å². The van der Waals surface area contributed by atoms with Gasteiger partial charge < -0.3 is 43.2 Å². The molecule has 8 bridgehead atoms. The monoisotopic (exact) mass is 578 g/mol. The lowest BCUT2D eigenvalue weighted by Gasteiger charge is -2.12. The van der Waals surface area contributed by atoms with E-state index in [2.05, 4.69) is 26.3 Å². The summed E-state index contributed by atoms with van der Waals surface area (Å²) in [7, 11) is 0. The molecule has 0 spiro atoms. The van der Waals surface area contributed by atoms with Gasteiger partial charge in [0, 0.05) is 67.1 Å². The first-order chi connectivity index (χ1) is 21.4. The predicted molar refractivity (Wildman–Crippen MR) is 172 cm³/mol. The maximum atomic E-state index is 6.28. The molecule has 0 fully saturated rings. The maximum Gasteiger partial charge on any atom is 0.142 e. The van der Waals surface area contributed by atoms with Gasteiger partial charge in [0.1, 0.15) is 45.6 Å². The number of nitrogens with one attached hydrogen (secondary N) is 4.